The van der Waals surface area contributed by atoms with Crippen LogP contribution in [0.25, 0.3) is 16.0 Å². The number of aliphatic hydroxyl groups excluding tert-OH is 1. The number of benzene rings is 2. The maximum absolute atomic E-state index is 14.0. The van der Waals surface area contributed by atoms with Gasteiger partial charge in [0.15, 0.2) is 0 Å². The van der Waals surface area contributed by atoms with Crippen molar-refractivity contribution in [2.45, 2.75) is 84.7 Å². The van der Waals surface area contributed by atoms with Crippen molar-refractivity contribution in [1.82, 2.24) is 30.4 Å². The summed E-state index contributed by atoms with van der Waals surface area (Å²) >= 11 is 1.58. The van der Waals surface area contributed by atoms with Gasteiger partial charge in [0.25, 0.3) is 0 Å². The third-order valence-electron chi connectivity index (χ3n) is 14.0. The third kappa shape index (κ3) is 15.0. The summed E-state index contributed by atoms with van der Waals surface area (Å²) in [5.41, 5.74) is 10.9. The lowest BCUT2D eigenvalue weighted by Gasteiger charge is -2.36. The van der Waals surface area contributed by atoms with Crippen molar-refractivity contribution in [3.63, 3.8) is 0 Å². The van der Waals surface area contributed by atoms with Gasteiger partial charge in [-0.3, -0.25) is 29.6 Å². The molecule has 0 saturated carbocycles. The van der Waals surface area contributed by atoms with Crippen LogP contribution in [0.5, 0.6) is 0 Å². The number of furan rings is 1. The second-order valence-corrected chi connectivity index (χ2v) is 21.1. The Bertz CT molecular complexity index is 2520. The lowest BCUT2D eigenvalue weighted by atomic mass is 9.76. The largest absolute Gasteiger partial charge is 0.469 e. The minimum absolute atomic E-state index is 0.0187. The standard InChI is InChI=1S/C55H73N9O9S/c1-39-51(74-38-58-39)42-9-7-40(8-10-42)34-57-53(67)49-33-45(66)36-63(49)54(68)48(55(2,3)4)32-44(65)17-24-69-26-28-71-30-31-72-29-27-70-25-22-61-18-20-62(21-19-61)43-13-11-41(12-14-43)47-35-56-50(64-37-59-60-52(47)64)16-15-46-6-5-23-73-46/h5-14,23,35,37-38,45,48-49,52,60,66H,15-22,24-34,36H2,1-4H3,(H,57,67)/t45-,48+,49+,52?/m0/s1. The molecule has 4 atom stereocenters. The number of thiazole rings is 1. The maximum atomic E-state index is 14.0. The zero-order chi connectivity index (χ0) is 51.9. The van der Waals surface area contributed by atoms with Crippen molar-refractivity contribution >= 4 is 52.4 Å². The number of carbonyl (C=O) groups is 3. The van der Waals surface area contributed by atoms with Crippen molar-refractivity contribution in [2.24, 2.45) is 21.4 Å². The van der Waals surface area contributed by atoms with Gasteiger partial charge in [0.2, 0.25) is 11.8 Å². The van der Waals surface area contributed by atoms with Crippen molar-refractivity contribution in [1.29, 1.82) is 0 Å². The molecule has 0 bridgehead atoms. The van der Waals surface area contributed by atoms with E-state index in [9.17, 15) is 19.5 Å². The molecule has 0 radical (unpaired) electrons. The Morgan fingerprint density at radius 1 is 0.878 bits per heavy atom. The average Bonchev–Trinajstić information content (AvgIpc) is 4.26. The van der Waals surface area contributed by atoms with Gasteiger partial charge in [-0.25, -0.2) is 9.98 Å². The number of carbonyl (C=O) groups excluding carboxylic acids is 3. The number of hydrogen-bond acceptors (Lipinski definition) is 17. The number of aliphatic imine (C=N–C) groups is 1. The van der Waals surface area contributed by atoms with E-state index >= 15 is 0 Å². The summed E-state index contributed by atoms with van der Waals surface area (Å²) in [6, 6.07) is 19.8. The van der Waals surface area contributed by atoms with Crippen molar-refractivity contribution in [3.05, 3.63) is 101 Å². The van der Waals surface area contributed by atoms with Crippen molar-refractivity contribution in [3.8, 4) is 10.4 Å². The van der Waals surface area contributed by atoms with Crippen LogP contribution in [0.3, 0.4) is 0 Å². The summed E-state index contributed by atoms with van der Waals surface area (Å²) in [7, 11) is 0. The van der Waals surface area contributed by atoms with Gasteiger partial charge in [-0.05, 0) is 53.3 Å². The predicted octanol–water partition coefficient (Wildman–Crippen LogP) is 5.75. The number of nitrogens with one attached hydrogen (secondary N) is 2. The van der Waals surface area contributed by atoms with Crippen LogP contribution < -0.4 is 15.6 Å². The van der Waals surface area contributed by atoms with Crippen LogP contribution in [0, 0.1) is 18.3 Å². The first-order valence-electron chi connectivity index (χ1n) is 25.9. The summed E-state index contributed by atoms with van der Waals surface area (Å²) in [6.07, 6.45) is 6.44. The highest BCUT2D eigenvalue weighted by Gasteiger charge is 2.44. The smallest absolute Gasteiger partial charge is 0.243 e. The number of nitrogens with zero attached hydrogens (tertiary/aromatic N) is 7. The molecule has 4 aromatic rings. The number of Topliss-reactive ketones (excluding diaryl/α,β-unsaturated/α-hetero) is 1. The number of hydrogen-bond donors (Lipinski definition) is 3. The number of aryl methyl sites for hydroxylation is 2. The van der Waals surface area contributed by atoms with Crippen LogP contribution >= 0.6 is 11.3 Å². The fourth-order valence-corrected chi connectivity index (χ4v) is 10.4. The number of amidine groups is 1. The Hall–Kier alpha value is -5.80. The third-order valence-corrected chi connectivity index (χ3v) is 15.0. The number of likely N-dealkylation sites (tertiary alicyclic amines) is 1. The second kappa shape index (κ2) is 26.6. The minimum atomic E-state index is -0.827. The number of aliphatic hydroxyl groups is 1. The molecule has 74 heavy (non-hydrogen) atoms. The van der Waals surface area contributed by atoms with Gasteiger partial charge in [0.05, 0.1) is 81.3 Å². The van der Waals surface area contributed by atoms with E-state index in [1.165, 1.54) is 10.6 Å². The topological polar surface area (TPSA) is 196 Å². The Labute approximate surface area is 438 Å². The minimum Gasteiger partial charge on any atom is -0.469 e. The average molecular weight is 1040 g/mol. The van der Waals surface area contributed by atoms with E-state index in [0.717, 1.165) is 90.0 Å². The molecule has 4 aliphatic heterocycles. The highest BCUT2D eigenvalue weighted by atomic mass is 32.1. The van der Waals surface area contributed by atoms with Gasteiger partial charge in [-0.2, -0.15) is 5.10 Å². The maximum Gasteiger partial charge on any atom is 0.243 e. The molecular formula is C55H73N9O9S. The molecule has 19 heteroatoms. The van der Waals surface area contributed by atoms with Gasteiger partial charge in [-0.15, -0.1) is 11.3 Å². The Morgan fingerprint density at radius 3 is 2.23 bits per heavy atom. The SMILES string of the molecule is Cc1ncsc1-c1ccc(CNC(=O)[C@H]2C[C@H](O)CN2C(=O)[C@@H](CC(=O)CCOCCOCCOCCOCCN2CCN(c3ccc(C4=CN=C(CCc5ccco5)N5C=NNC45)cc3)CC2)C(C)(C)C)cc1. The van der Waals surface area contributed by atoms with Gasteiger partial charge < -0.3 is 43.6 Å². The normalized spacial score (nSPS) is 19.3. The highest BCUT2D eigenvalue weighted by Crippen LogP contribution is 2.34. The zero-order valence-corrected chi connectivity index (χ0v) is 44.1. The van der Waals surface area contributed by atoms with Gasteiger partial charge in [-0.1, -0.05) is 57.2 Å². The highest BCUT2D eigenvalue weighted by molar-refractivity contribution is 7.13. The quantitative estimate of drug-likeness (QED) is 0.0611. The number of fused-ring (bicyclic) bond motifs is 1. The Balaban J connectivity index is 0.633. The number of anilines is 1. The number of amides is 2. The van der Waals surface area contributed by atoms with E-state index < -0.39 is 23.5 Å². The van der Waals surface area contributed by atoms with E-state index in [2.05, 4.69) is 59.8 Å². The molecule has 4 aliphatic rings. The van der Waals surface area contributed by atoms with Crippen molar-refractivity contribution in [2.75, 3.05) is 97.0 Å². The van der Waals surface area contributed by atoms with Crippen molar-refractivity contribution < 1.29 is 42.9 Å². The number of hydrazone groups is 1. The van der Waals surface area contributed by atoms with Crippen LogP contribution in [0.4, 0.5) is 5.69 Å². The van der Waals surface area contributed by atoms with Gasteiger partial charge in [0.1, 0.15) is 35.9 Å². The molecule has 0 aliphatic carbocycles. The first kappa shape index (κ1) is 54.5. The monoisotopic (exact) mass is 1040 g/mol. The molecular weight excluding hydrogens is 963 g/mol. The lowest BCUT2D eigenvalue weighted by molar-refractivity contribution is -0.146. The molecule has 1 unspecified atom stereocenters. The number of ether oxygens (including phenoxy) is 4. The summed E-state index contributed by atoms with van der Waals surface area (Å²) in [6.45, 7) is 16.2. The van der Waals surface area contributed by atoms with Crippen LogP contribution in [-0.2, 0) is 46.3 Å². The number of aromatic nitrogens is 1. The summed E-state index contributed by atoms with van der Waals surface area (Å²) in [4.78, 5) is 59.3. The number of rotatable bonds is 27. The molecule has 398 valence electrons. The lowest BCUT2D eigenvalue weighted by Crippen LogP contribution is -2.50. The van der Waals surface area contributed by atoms with E-state index in [0.29, 0.717) is 46.2 Å². The second-order valence-electron chi connectivity index (χ2n) is 20.2. The number of piperazine rings is 1. The molecule has 2 aromatic heterocycles. The molecule has 0 spiro atoms. The number of ketones is 1. The van der Waals surface area contributed by atoms with Crippen LogP contribution in [0.15, 0.2) is 93.1 Å². The summed E-state index contributed by atoms with van der Waals surface area (Å²) in [5, 5.41) is 17.9. The number of β-amino-alcohol motifs (C(OH)–C–C–N with tert-alkyl or cyclic N) is 1. The van der Waals surface area contributed by atoms with Gasteiger partial charge >= 0.3 is 0 Å². The Kier molecular flexibility index (Phi) is 19.6. The van der Waals surface area contributed by atoms with Crippen LogP contribution in [0.2, 0.25) is 0 Å². The molecule has 2 fully saturated rings. The molecule has 6 heterocycles. The first-order chi connectivity index (χ1) is 35.9. The zero-order valence-electron chi connectivity index (χ0n) is 43.3. The molecule has 3 N–H and O–H groups in total. The fraction of sp³-hybridized carbons (Fsp3) is 0.527. The first-order valence-corrected chi connectivity index (χ1v) is 26.8. The molecule has 2 amide bonds. The molecule has 2 aromatic carbocycles. The van der Waals surface area contributed by atoms with Gasteiger partial charge in [0, 0.05) is 101 Å². The summed E-state index contributed by atoms with van der Waals surface area (Å²) < 4.78 is 28.4. The van der Waals surface area contributed by atoms with Crippen LogP contribution in [0.1, 0.15) is 69.0 Å². The van der Waals surface area contributed by atoms with E-state index in [1.807, 2.05) is 82.1 Å². The van der Waals surface area contributed by atoms with E-state index in [4.69, 9.17) is 28.4 Å². The fourth-order valence-electron chi connectivity index (χ4n) is 9.62. The van der Waals surface area contributed by atoms with E-state index in [-0.39, 0.29) is 62.7 Å². The molecule has 18 nitrogen and oxygen atoms in total. The molecule has 2 saturated heterocycles. The van der Waals surface area contributed by atoms with Crippen LogP contribution in [-0.4, -0.2) is 165 Å². The van der Waals surface area contributed by atoms with E-state index in [1.54, 1.807) is 17.6 Å². The molecule has 8 rings (SSSR count). The summed E-state index contributed by atoms with van der Waals surface area (Å²) in [5.74, 6) is 0.515. The Morgan fingerprint density at radius 2 is 1.57 bits per heavy atom. The predicted molar refractivity (Wildman–Crippen MR) is 286 cm³/mol.